The van der Waals surface area contributed by atoms with E-state index in [0.29, 0.717) is 0 Å². The van der Waals surface area contributed by atoms with Crippen LogP contribution in [0.15, 0.2) is 279 Å². The smallest absolute Gasteiger partial charge is 0.0468 e. The fourth-order valence-corrected chi connectivity index (χ4v) is 14.2. The molecular weight excluding hydrogens is 989 g/mol. The molecule has 0 radical (unpaired) electrons. The molecule has 0 atom stereocenters. The van der Waals surface area contributed by atoms with Crippen LogP contribution < -0.4 is 9.80 Å². The van der Waals surface area contributed by atoms with Gasteiger partial charge in [0.25, 0.3) is 0 Å². The van der Waals surface area contributed by atoms with Crippen LogP contribution in [0.1, 0.15) is 49.9 Å². The Morgan fingerprint density at radius 1 is 0.220 bits per heavy atom. The van der Waals surface area contributed by atoms with Crippen molar-refractivity contribution < 1.29 is 0 Å². The summed E-state index contributed by atoms with van der Waals surface area (Å²) in [6, 6.07) is 105. The molecule has 2 aliphatic carbocycles. The van der Waals surface area contributed by atoms with Crippen molar-refractivity contribution in [1.29, 1.82) is 0 Å². The Balaban J connectivity index is 0.982. The van der Waals surface area contributed by atoms with Gasteiger partial charge in [-0.25, -0.2) is 0 Å². The second kappa shape index (κ2) is 18.3. The summed E-state index contributed by atoms with van der Waals surface area (Å²) in [7, 11) is 0. The molecule has 0 bridgehead atoms. The molecule has 0 amide bonds. The van der Waals surface area contributed by atoms with E-state index in [2.05, 4.69) is 317 Å². The van der Waals surface area contributed by atoms with Crippen LogP contribution in [0.3, 0.4) is 0 Å². The maximum Gasteiger partial charge on any atom is 0.0468 e. The summed E-state index contributed by atoms with van der Waals surface area (Å²) in [5, 5.41) is 12.1. The summed E-state index contributed by atoms with van der Waals surface area (Å²) in [5.74, 6) is 0. The second-order valence-corrected chi connectivity index (χ2v) is 23.7. The van der Waals surface area contributed by atoms with Crippen LogP contribution in [0.2, 0.25) is 0 Å². The monoisotopic (exact) mass is 1050 g/mol. The van der Waals surface area contributed by atoms with Gasteiger partial charge in [-0.3, -0.25) is 0 Å². The van der Waals surface area contributed by atoms with E-state index in [0.717, 1.165) is 34.1 Å². The van der Waals surface area contributed by atoms with E-state index >= 15 is 0 Å². The van der Waals surface area contributed by atoms with Crippen molar-refractivity contribution in [3.8, 4) is 44.5 Å². The van der Waals surface area contributed by atoms with Gasteiger partial charge in [0.05, 0.1) is 0 Å². The van der Waals surface area contributed by atoms with E-state index in [9.17, 15) is 0 Å². The summed E-state index contributed by atoms with van der Waals surface area (Å²) < 4.78 is 0. The van der Waals surface area contributed by atoms with Crippen LogP contribution in [0.25, 0.3) is 98.4 Å². The molecular formula is C80H58N2. The van der Waals surface area contributed by atoms with Crippen LogP contribution in [-0.4, -0.2) is 0 Å². The molecule has 14 aromatic rings. The van der Waals surface area contributed by atoms with E-state index in [1.54, 1.807) is 0 Å². The maximum atomic E-state index is 2.49. The first-order valence-electron chi connectivity index (χ1n) is 28.8. The first kappa shape index (κ1) is 47.9. The lowest BCUT2D eigenvalue weighted by atomic mass is 9.82. The van der Waals surface area contributed by atoms with E-state index < -0.39 is 0 Å². The van der Waals surface area contributed by atoms with Crippen LogP contribution >= 0.6 is 0 Å². The van der Waals surface area contributed by atoms with Gasteiger partial charge in [-0.15, -0.1) is 0 Å². The highest BCUT2D eigenvalue weighted by Crippen LogP contribution is 2.54. The van der Waals surface area contributed by atoms with Crippen molar-refractivity contribution >= 4 is 88.0 Å². The zero-order chi connectivity index (χ0) is 54.8. The highest BCUT2D eigenvalue weighted by molar-refractivity contribution is 6.23. The fourth-order valence-electron chi connectivity index (χ4n) is 14.2. The number of benzene rings is 14. The lowest BCUT2D eigenvalue weighted by Gasteiger charge is -2.30. The standard InChI is InChI=1S/C80H58N2/c1-79(2)73-28-16-14-26-65(73)67-40-36-63(49-75(67)79)81(59-24-6-5-7-25-59)61-38-42-69-71(47-61)77(57-32-30-51-18-8-11-21-54(51)44-57)70-43-39-62(48-72(70)78(69)58-33-31-52-19-9-12-22-55(52)45-58)82(60-35-34-53-20-10-13-23-56(53)46-60)64-37-41-68-66-27-15-17-29-74(66)80(3,4)76(68)50-64/h5-50H,1-4H3. The Bertz CT molecular complexity index is 4950. The molecule has 16 rings (SSSR count). The molecule has 0 saturated heterocycles. The molecule has 14 aromatic carbocycles. The molecule has 0 aromatic heterocycles. The number of anilines is 6. The third-order valence-corrected chi connectivity index (χ3v) is 18.3. The third-order valence-electron chi connectivity index (χ3n) is 18.3. The number of nitrogens with zero attached hydrogens (tertiary/aromatic N) is 2. The Labute approximate surface area is 479 Å². The average molecular weight is 1050 g/mol. The Kier molecular flexibility index (Phi) is 10.7. The predicted molar refractivity (Wildman–Crippen MR) is 349 cm³/mol. The number of rotatable bonds is 8. The largest absolute Gasteiger partial charge is 0.310 e. The summed E-state index contributed by atoms with van der Waals surface area (Å²) in [6.45, 7) is 9.50. The topological polar surface area (TPSA) is 6.48 Å². The zero-order valence-electron chi connectivity index (χ0n) is 46.5. The first-order valence-corrected chi connectivity index (χ1v) is 28.8. The van der Waals surface area contributed by atoms with Crippen molar-refractivity contribution in [3.63, 3.8) is 0 Å². The van der Waals surface area contributed by atoms with Gasteiger partial charge in [-0.1, -0.05) is 222 Å². The van der Waals surface area contributed by atoms with E-state index in [4.69, 9.17) is 0 Å². The molecule has 0 heterocycles. The molecule has 0 spiro atoms. The van der Waals surface area contributed by atoms with E-state index in [1.165, 1.54) is 121 Å². The SMILES string of the molecule is CC1(C)c2ccccc2-c2ccc(N(c3ccccc3)c3ccc4c(-c5ccc6ccccc6c5)c5cc(N(c6ccc7c(c6)C(C)(C)c6ccccc6-7)c6ccc7ccccc7c6)ccc5c(-c5ccc6ccccc6c5)c4c3)cc21. The Hall–Kier alpha value is -10.0. The van der Waals surface area contributed by atoms with Gasteiger partial charge in [-0.2, -0.15) is 0 Å². The van der Waals surface area contributed by atoms with Gasteiger partial charge in [0.1, 0.15) is 0 Å². The maximum absolute atomic E-state index is 2.49. The molecule has 0 fully saturated rings. The number of para-hydroxylation sites is 1. The Morgan fingerprint density at radius 2 is 0.561 bits per heavy atom. The summed E-state index contributed by atoms with van der Waals surface area (Å²) in [6.07, 6.45) is 0. The molecule has 0 saturated carbocycles. The zero-order valence-corrected chi connectivity index (χ0v) is 46.5. The van der Waals surface area contributed by atoms with Crippen LogP contribution in [0.4, 0.5) is 34.1 Å². The minimum Gasteiger partial charge on any atom is -0.310 e. The minimum atomic E-state index is -0.171. The summed E-state index contributed by atoms with van der Waals surface area (Å²) in [5.41, 5.74) is 21.8. The normalized spacial score (nSPS) is 13.6. The molecule has 2 aliphatic rings. The van der Waals surface area contributed by atoms with Gasteiger partial charge >= 0.3 is 0 Å². The minimum absolute atomic E-state index is 0.156. The van der Waals surface area contributed by atoms with E-state index in [1.807, 2.05) is 0 Å². The molecule has 2 nitrogen and oxygen atoms in total. The van der Waals surface area contributed by atoms with Crippen molar-refractivity contribution in [2.24, 2.45) is 0 Å². The third kappa shape index (κ3) is 7.41. The molecule has 0 N–H and O–H groups in total. The lowest BCUT2D eigenvalue weighted by molar-refractivity contribution is 0.660. The first-order chi connectivity index (χ1) is 40.2. The van der Waals surface area contributed by atoms with Crippen molar-refractivity contribution in [1.82, 2.24) is 0 Å². The highest BCUT2D eigenvalue weighted by Gasteiger charge is 2.37. The van der Waals surface area contributed by atoms with Gasteiger partial charge in [0, 0.05) is 45.0 Å². The van der Waals surface area contributed by atoms with Crippen molar-refractivity contribution in [3.05, 3.63) is 301 Å². The number of fused-ring (bicyclic) bond motifs is 11. The van der Waals surface area contributed by atoms with Crippen molar-refractivity contribution in [2.75, 3.05) is 9.80 Å². The molecule has 82 heavy (non-hydrogen) atoms. The molecule has 0 aliphatic heterocycles. The average Bonchev–Trinajstić information content (AvgIpc) is 3.19. The van der Waals surface area contributed by atoms with Gasteiger partial charge in [0.15, 0.2) is 0 Å². The lowest BCUT2D eigenvalue weighted by Crippen LogP contribution is -2.16. The van der Waals surface area contributed by atoms with E-state index in [-0.39, 0.29) is 10.8 Å². The molecule has 388 valence electrons. The Morgan fingerprint density at radius 3 is 1.05 bits per heavy atom. The number of hydrogen-bond acceptors (Lipinski definition) is 2. The quantitative estimate of drug-likeness (QED) is 0.140. The number of hydrogen-bond donors (Lipinski definition) is 0. The van der Waals surface area contributed by atoms with Crippen LogP contribution in [-0.2, 0) is 10.8 Å². The van der Waals surface area contributed by atoms with Gasteiger partial charge in [-0.05, 0) is 206 Å². The van der Waals surface area contributed by atoms with Gasteiger partial charge in [0.2, 0.25) is 0 Å². The van der Waals surface area contributed by atoms with Crippen molar-refractivity contribution in [2.45, 2.75) is 38.5 Å². The predicted octanol–water partition coefficient (Wildman–Crippen LogP) is 22.3. The van der Waals surface area contributed by atoms with Crippen LogP contribution in [0.5, 0.6) is 0 Å². The fraction of sp³-hybridized carbons (Fsp3) is 0.0750. The second-order valence-electron chi connectivity index (χ2n) is 23.7. The summed E-state index contributed by atoms with van der Waals surface area (Å²) >= 11 is 0. The molecule has 0 unspecified atom stereocenters. The summed E-state index contributed by atoms with van der Waals surface area (Å²) in [4.78, 5) is 4.95. The molecule has 2 heteroatoms. The van der Waals surface area contributed by atoms with Gasteiger partial charge < -0.3 is 9.80 Å². The highest BCUT2D eigenvalue weighted by atomic mass is 15.1. The van der Waals surface area contributed by atoms with Crippen LogP contribution in [0, 0.1) is 0 Å².